The van der Waals surface area contributed by atoms with Crippen LogP contribution in [0.5, 0.6) is 0 Å². The largest absolute Gasteiger partial charge is 0.459 e. The van der Waals surface area contributed by atoms with Gasteiger partial charge < -0.3 is 14.2 Å². The van der Waals surface area contributed by atoms with Gasteiger partial charge in [-0.1, -0.05) is 6.07 Å². The van der Waals surface area contributed by atoms with Crippen molar-refractivity contribution in [2.75, 3.05) is 13.1 Å². The third kappa shape index (κ3) is 3.93. The molecule has 28 heavy (non-hydrogen) atoms. The number of rotatable bonds is 5. The second-order valence-corrected chi connectivity index (χ2v) is 7.48. The lowest BCUT2D eigenvalue weighted by molar-refractivity contribution is -0.138. The minimum Gasteiger partial charge on any atom is -0.459 e. The number of likely N-dealkylation sites (tertiary alicyclic amines) is 1. The third-order valence-corrected chi connectivity index (χ3v) is 5.49. The molecule has 4 rings (SSSR count). The predicted molar refractivity (Wildman–Crippen MR) is 97.3 cm³/mol. The lowest BCUT2D eigenvalue weighted by atomic mass is 9.94. The van der Waals surface area contributed by atoms with Crippen molar-refractivity contribution in [2.45, 2.75) is 38.3 Å². The fourth-order valence-corrected chi connectivity index (χ4v) is 3.73. The van der Waals surface area contributed by atoms with E-state index in [0.717, 1.165) is 18.9 Å². The van der Waals surface area contributed by atoms with Crippen molar-refractivity contribution < 1.29 is 22.8 Å². The second kappa shape index (κ2) is 7.73. The van der Waals surface area contributed by atoms with E-state index in [9.17, 15) is 18.4 Å². The summed E-state index contributed by atoms with van der Waals surface area (Å²) >= 11 is 0. The molecule has 1 aromatic carbocycles. The molecule has 1 aliphatic carbocycles. The van der Waals surface area contributed by atoms with E-state index >= 15 is 0 Å². The van der Waals surface area contributed by atoms with Gasteiger partial charge in [-0.15, -0.1) is 0 Å². The molecule has 1 aliphatic heterocycles. The Morgan fingerprint density at radius 2 is 1.86 bits per heavy atom. The first-order chi connectivity index (χ1) is 13.5. The maximum absolute atomic E-state index is 14.0. The van der Waals surface area contributed by atoms with Gasteiger partial charge in [-0.05, 0) is 43.9 Å². The molecule has 2 fully saturated rings. The average Bonchev–Trinajstić information content (AvgIpc) is 3.39. The normalized spacial score (nSPS) is 17.6. The number of carbonyl (C=O) groups excluding carboxylic acids is 2. The van der Waals surface area contributed by atoms with Crippen LogP contribution in [0.3, 0.4) is 0 Å². The van der Waals surface area contributed by atoms with E-state index < -0.39 is 11.6 Å². The average molecular weight is 388 g/mol. The van der Waals surface area contributed by atoms with E-state index in [0.29, 0.717) is 37.3 Å². The molecule has 5 nitrogen and oxygen atoms in total. The number of hydrogen-bond acceptors (Lipinski definition) is 3. The summed E-state index contributed by atoms with van der Waals surface area (Å²) < 4.78 is 32.4. The van der Waals surface area contributed by atoms with Crippen LogP contribution < -0.4 is 0 Å². The maximum Gasteiger partial charge on any atom is 0.289 e. The molecule has 2 amide bonds. The van der Waals surface area contributed by atoms with Gasteiger partial charge >= 0.3 is 0 Å². The Morgan fingerprint density at radius 1 is 1.11 bits per heavy atom. The molecule has 0 spiro atoms. The zero-order chi connectivity index (χ0) is 19.7. The molecule has 0 radical (unpaired) electrons. The molecule has 0 N–H and O–H groups in total. The molecular formula is C21H22F2N2O3. The lowest BCUT2D eigenvalue weighted by Gasteiger charge is -2.34. The smallest absolute Gasteiger partial charge is 0.289 e. The molecule has 2 heterocycles. The van der Waals surface area contributed by atoms with Gasteiger partial charge in [-0.3, -0.25) is 9.59 Å². The van der Waals surface area contributed by atoms with Crippen LogP contribution in [0.4, 0.5) is 8.78 Å². The van der Waals surface area contributed by atoms with Crippen LogP contribution >= 0.6 is 0 Å². The molecule has 1 saturated carbocycles. The van der Waals surface area contributed by atoms with Crippen molar-refractivity contribution in [3.63, 3.8) is 0 Å². The Bertz CT molecular complexity index is 857. The number of carbonyl (C=O) groups is 2. The van der Waals surface area contributed by atoms with E-state index in [2.05, 4.69) is 0 Å². The zero-order valence-electron chi connectivity index (χ0n) is 15.4. The van der Waals surface area contributed by atoms with Crippen molar-refractivity contribution >= 4 is 11.8 Å². The molecule has 148 valence electrons. The Kier molecular flexibility index (Phi) is 5.15. The van der Waals surface area contributed by atoms with Gasteiger partial charge in [-0.25, -0.2) is 8.78 Å². The molecule has 0 atom stereocenters. The summed E-state index contributed by atoms with van der Waals surface area (Å²) in [7, 11) is 0. The van der Waals surface area contributed by atoms with Gasteiger partial charge in [-0.2, -0.15) is 0 Å². The van der Waals surface area contributed by atoms with Gasteiger partial charge in [0, 0.05) is 43.2 Å². The molecular weight excluding hydrogens is 366 g/mol. The summed E-state index contributed by atoms with van der Waals surface area (Å²) in [6, 6.07) is 6.89. The molecule has 2 aromatic rings. The molecule has 1 saturated heterocycles. The molecule has 0 unspecified atom stereocenters. The first kappa shape index (κ1) is 18.7. The third-order valence-electron chi connectivity index (χ3n) is 5.49. The topological polar surface area (TPSA) is 53.8 Å². The van der Waals surface area contributed by atoms with Gasteiger partial charge in [0.2, 0.25) is 5.91 Å². The Morgan fingerprint density at radius 3 is 2.46 bits per heavy atom. The van der Waals surface area contributed by atoms with Gasteiger partial charge in [0.15, 0.2) is 5.76 Å². The summed E-state index contributed by atoms with van der Waals surface area (Å²) in [4.78, 5) is 28.9. The highest BCUT2D eigenvalue weighted by molar-refractivity contribution is 5.91. The number of nitrogens with zero attached hydrogens (tertiary/aromatic N) is 2. The maximum atomic E-state index is 14.0. The van der Waals surface area contributed by atoms with Crippen molar-refractivity contribution in [3.8, 4) is 0 Å². The first-order valence-corrected chi connectivity index (χ1v) is 9.60. The fraction of sp³-hybridized carbons (Fsp3) is 0.429. The Balaban J connectivity index is 1.39. The minimum absolute atomic E-state index is 0.00341. The number of furan rings is 1. The quantitative estimate of drug-likeness (QED) is 0.787. The monoisotopic (exact) mass is 388 g/mol. The van der Waals surface area contributed by atoms with Crippen molar-refractivity contribution in [1.82, 2.24) is 9.80 Å². The highest BCUT2D eigenvalue weighted by Crippen LogP contribution is 2.32. The molecule has 7 heteroatoms. The van der Waals surface area contributed by atoms with Crippen molar-refractivity contribution in [3.05, 3.63) is 59.6 Å². The predicted octanol–water partition coefficient (Wildman–Crippen LogP) is 3.60. The van der Waals surface area contributed by atoms with Gasteiger partial charge in [0.1, 0.15) is 11.6 Å². The van der Waals surface area contributed by atoms with E-state index in [1.165, 1.54) is 18.4 Å². The standard InChI is InChI=1S/C21H22F2N2O3/c22-16-4-3-15(18(23)12-16)13-25(17-5-6-17)20(26)14-7-9-24(10-8-14)21(27)19-2-1-11-28-19/h1-4,11-12,14,17H,5-10,13H2. The van der Waals surface area contributed by atoms with Crippen LogP contribution in [-0.4, -0.2) is 40.7 Å². The summed E-state index contributed by atoms with van der Waals surface area (Å²) in [6.45, 7) is 1.12. The number of hydrogen-bond donors (Lipinski definition) is 0. The van der Waals surface area contributed by atoms with E-state index in [-0.39, 0.29) is 30.3 Å². The fourth-order valence-electron chi connectivity index (χ4n) is 3.73. The van der Waals surface area contributed by atoms with Crippen LogP contribution in [-0.2, 0) is 11.3 Å². The van der Waals surface area contributed by atoms with E-state index in [1.807, 2.05) is 0 Å². The van der Waals surface area contributed by atoms with Crippen LogP contribution in [0.25, 0.3) is 0 Å². The molecule has 0 bridgehead atoms. The van der Waals surface area contributed by atoms with Crippen LogP contribution in [0, 0.1) is 17.6 Å². The number of amides is 2. The Labute approximate surface area is 161 Å². The summed E-state index contributed by atoms with van der Waals surface area (Å²) in [6.07, 6.45) is 4.42. The SMILES string of the molecule is O=C(c1ccco1)N1CCC(C(=O)N(Cc2ccc(F)cc2F)C2CC2)CC1. The summed E-state index contributed by atoms with van der Waals surface area (Å²) in [5.74, 6) is -1.31. The highest BCUT2D eigenvalue weighted by atomic mass is 19.1. The number of piperidine rings is 1. The Hall–Kier alpha value is -2.70. The zero-order valence-corrected chi connectivity index (χ0v) is 15.4. The van der Waals surface area contributed by atoms with Gasteiger partial charge in [0.05, 0.1) is 6.26 Å². The van der Waals surface area contributed by atoms with Crippen molar-refractivity contribution in [1.29, 1.82) is 0 Å². The summed E-state index contributed by atoms with van der Waals surface area (Å²) in [5, 5.41) is 0. The molecule has 2 aliphatic rings. The molecule has 1 aromatic heterocycles. The second-order valence-electron chi connectivity index (χ2n) is 7.48. The van der Waals surface area contributed by atoms with Crippen LogP contribution in [0.15, 0.2) is 41.0 Å². The summed E-state index contributed by atoms with van der Waals surface area (Å²) in [5.41, 5.74) is 0.326. The lowest BCUT2D eigenvalue weighted by Crippen LogP contribution is -2.45. The number of benzene rings is 1. The van der Waals surface area contributed by atoms with Crippen molar-refractivity contribution in [2.24, 2.45) is 5.92 Å². The minimum atomic E-state index is -0.627. The van der Waals surface area contributed by atoms with E-state index in [1.54, 1.807) is 21.9 Å². The van der Waals surface area contributed by atoms with Crippen LogP contribution in [0.1, 0.15) is 41.8 Å². The first-order valence-electron chi connectivity index (χ1n) is 9.60. The van der Waals surface area contributed by atoms with E-state index in [4.69, 9.17) is 4.42 Å². The number of halogens is 2. The van der Waals surface area contributed by atoms with Gasteiger partial charge in [0.25, 0.3) is 5.91 Å². The van der Waals surface area contributed by atoms with Crippen LogP contribution in [0.2, 0.25) is 0 Å². The highest BCUT2D eigenvalue weighted by Gasteiger charge is 2.38.